The Bertz CT molecular complexity index is 928. The minimum absolute atomic E-state index is 0.133. The Balaban J connectivity index is 1.85. The molecule has 0 radical (unpaired) electrons. The van der Waals surface area contributed by atoms with Crippen LogP contribution in [-0.4, -0.2) is 40.5 Å². The van der Waals surface area contributed by atoms with E-state index in [9.17, 15) is 13.2 Å². The molecule has 1 aliphatic heterocycles. The van der Waals surface area contributed by atoms with E-state index in [-0.39, 0.29) is 16.8 Å². The zero-order valence-corrected chi connectivity index (χ0v) is 16.4. The summed E-state index contributed by atoms with van der Waals surface area (Å²) in [5, 5.41) is 5.84. The normalized spacial score (nSPS) is 16.2. The van der Waals surface area contributed by atoms with Gasteiger partial charge in [0.05, 0.1) is 10.6 Å². The summed E-state index contributed by atoms with van der Waals surface area (Å²) in [5.74, 6) is -0.266. The van der Waals surface area contributed by atoms with Crippen molar-refractivity contribution in [1.29, 1.82) is 0 Å². The molecule has 0 spiro atoms. The molecular weight excluding hydrogens is 362 g/mol. The molecule has 0 aromatic heterocycles. The van der Waals surface area contributed by atoms with Crippen LogP contribution in [0.15, 0.2) is 53.4 Å². The number of sulfonamides is 1. The van der Waals surface area contributed by atoms with Crippen molar-refractivity contribution in [2.45, 2.75) is 30.7 Å². The number of carbonyl (C=O) groups is 1. The molecule has 6 nitrogen and oxygen atoms in total. The van der Waals surface area contributed by atoms with E-state index in [1.165, 1.54) is 10.4 Å². The van der Waals surface area contributed by atoms with Crippen molar-refractivity contribution in [2.24, 2.45) is 0 Å². The highest BCUT2D eigenvalue weighted by atomic mass is 32.2. The molecule has 1 unspecified atom stereocenters. The van der Waals surface area contributed by atoms with Gasteiger partial charge in [-0.1, -0.05) is 24.3 Å². The van der Waals surface area contributed by atoms with Crippen molar-refractivity contribution in [3.05, 3.63) is 59.7 Å². The minimum atomic E-state index is -3.74. The third-order valence-electron chi connectivity index (χ3n) is 4.69. The first-order valence-corrected chi connectivity index (χ1v) is 10.5. The van der Waals surface area contributed by atoms with Gasteiger partial charge in [0.2, 0.25) is 0 Å². The zero-order chi connectivity index (χ0) is 19.4. The van der Waals surface area contributed by atoms with E-state index in [0.29, 0.717) is 24.2 Å². The van der Waals surface area contributed by atoms with Crippen LogP contribution in [0.2, 0.25) is 0 Å². The van der Waals surface area contributed by atoms with Crippen molar-refractivity contribution < 1.29 is 13.2 Å². The number of anilines is 1. The first-order chi connectivity index (χ1) is 12.9. The molecule has 1 amide bonds. The molecule has 0 fully saturated rings. The van der Waals surface area contributed by atoms with E-state index >= 15 is 0 Å². The van der Waals surface area contributed by atoms with E-state index in [4.69, 9.17) is 0 Å². The van der Waals surface area contributed by atoms with Crippen molar-refractivity contribution in [3.63, 3.8) is 0 Å². The van der Waals surface area contributed by atoms with E-state index in [0.717, 1.165) is 18.5 Å². The second kappa shape index (κ2) is 8.10. The van der Waals surface area contributed by atoms with Gasteiger partial charge in [-0.25, -0.2) is 8.42 Å². The SMILES string of the molecule is CNCCCNC(=O)c1cccc(S(=O)(=O)N2c3ccccc3CC2C)c1. The summed E-state index contributed by atoms with van der Waals surface area (Å²) in [6.45, 7) is 3.24. The zero-order valence-electron chi connectivity index (χ0n) is 15.6. The predicted molar refractivity (Wildman–Crippen MR) is 107 cm³/mol. The monoisotopic (exact) mass is 387 g/mol. The highest BCUT2D eigenvalue weighted by Gasteiger charge is 2.36. The number of carbonyl (C=O) groups excluding carboxylic acids is 1. The molecule has 1 heterocycles. The fourth-order valence-electron chi connectivity index (χ4n) is 3.38. The van der Waals surface area contributed by atoms with Crippen LogP contribution in [0.1, 0.15) is 29.3 Å². The van der Waals surface area contributed by atoms with Crippen molar-refractivity contribution in [3.8, 4) is 0 Å². The number of fused-ring (bicyclic) bond motifs is 1. The molecule has 2 N–H and O–H groups in total. The van der Waals surface area contributed by atoms with Gasteiger partial charge in [0, 0.05) is 18.2 Å². The quantitative estimate of drug-likeness (QED) is 0.714. The molecule has 2 aromatic rings. The number of nitrogens with zero attached hydrogens (tertiary/aromatic N) is 1. The maximum atomic E-state index is 13.3. The number of nitrogens with one attached hydrogen (secondary N) is 2. The molecule has 27 heavy (non-hydrogen) atoms. The molecule has 0 aliphatic carbocycles. The molecule has 144 valence electrons. The lowest BCUT2D eigenvalue weighted by atomic mass is 10.1. The summed E-state index contributed by atoms with van der Waals surface area (Å²) in [7, 11) is -1.89. The molecule has 0 saturated heterocycles. The van der Waals surface area contributed by atoms with Crippen molar-refractivity contribution in [1.82, 2.24) is 10.6 Å². The van der Waals surface area contributed by atoms with Crippen LogP contribution in [0.5, 0.6) is 0 Å². The van der Waals surface area contributed by atoms with Crippen molar-refractivity contribution in [2.75, 3.05) is 24.4 Å². The van der Waals surface area contributed by atoms with Gasteiger partial charge >= 0.3 is 0 Å². The highest BCUT2D eigenvalue weighted by molar-refractivity contribution is 7.92. The topological polar surface area (TPSA) is 78.5 Å². The number of hydrogen-bond donors (Lipinski definition) is 2. The molecular formula is C20H25N3O3S. The lowest BCUT2D eigenvalue weighted by Crippen LogP contribution is -2.36. The maximum Gasteiger partial charge on any atom is 0.264 e. The Morgan fingerprint density at radius 1 is 1.15 bits per heavy atom. The first kappa shape index (κ1) is 19.4. The smallest absolute Gasteiger partial charge is 0.264 e. The maximum absolute atomic E-state index is 13.3. The van der Waals surface area contributed by atoms with Crippen molar-refractivity contribution >= 4 is 21.6 Å². The second-order valence-electron chi connectivity index (χ2n) is 6.72. The van der Waals surface area contributed by atoms with E-state index in [1.54, 1.807) is 18.2 Å². The van der Waals surface area contributed by atoms with Gasteiger partial charge < -0.3 is 10.6 Å². The Kier molecular flexibility index (Phi) is 5.82. The lowest BCUT2D eigenvalue weighted by Gasteiger charge is -2.24. The van der Waals surface area contributed by atoms with E-state index in [1.807, 2.05) is 38.2 Å². The van der Waals surface area contributed by atoms with Gasteiger partial charge in [0.15, 0.2) is 0 Å². The summed E-state index contributed by atoms with van der Waals surface area (Å²) < 4.78 is 28.0. The van der Waals surface area contributed by atoms with Gasteiger partial charge in [-0.15, -0.1) is 0 Å². The summed E-state index contributed by atoms with van der Waals surface area (Å²) in [5.41, 5.74) is 2.08. The van der Waals surface area contributed by atoms with Crippen LogP contribution in [0.4, 0.5) is 5.69 Å². The molecule has 2 aromatic carbocycles. The van der Waals surface area contributed by atoms with Crippen LogP contribution < -0.4 is 14.9 Å². The largest absolute Gasteiger partial charge is 0.352 e. The van der Waals surface area contributed by atoms with Gasteiger partial charge in [-0.3, -0.25) is 9.10 Å². The number of hydrogen-bond acceptors (Lipinski definition) is 4. The number of benzene rings is 2. The third kappa shape index (κ3) is 3.99. The van der Waals surface area contributed by atoms with E-state index < -0.39 is 10.0 Å². The van der Waals surface area contributed by atoms with Crippen LogP contribution in [0.3, 0.4) is 0 Å². The highest BCUT2D eigenvalue weighted by Crippen LogP contribution is 2.36. The fourth-order valence-corrected chi connectivity index (χ4v) is 5.12. The lowest BCUT2D eigenvalue weighted by molar-refractivity contribution is 0.0953. The Hall–Kier alpha value is -2.38. The van der Waals surface area contributed by atoms with E-state index in [2.05, 4.69) is 10.6 Å². The summed E-state index contributed by atoms with van der Waals surface area (Å²) >= 11 is 0. The summed E-state index contributed by atoms with van der Waals surface area (Å²) in [4.78, 5) is 12.5. The van der Waals surface area contributed by atoms with Gasteiger partial charge in [-0.05, 0) is 63.2 Å². The molecule has 0 bridgehead atoms. The molecule has 0 saturated carbocycles. The number of amides is 1. The van der Waals surface area contributed by atoms with Gasteiger partial charge in [0.25, 0.3) is 15.9 Å². The molecule has 7 heteroatoms. The van der Waals surface area contributed by atoms with Crippen LogP contribution in [-0.2, 0) is 16.4 Å². The Morgan fingerprint density at radius 2 is 1.93 bits per heavy atom. The molecule has 1 aliphatic rings. The van der Waals surface area contributed by atoms with Crippen LogP contribution >= 0.6 is 0 Å². The van der Waals surface area contributed by atoms with Gasteiger partial charge in [-0.2, -0.15) is 0 Å². The number of para-hydroxylation sites is 1. The second-order valence-corrected chi connectivity index (χ2v) is 8.54. The Morgan fingerprint density at radius 3 is 2.70 bits per heavy atom. The average Bonchev–Trinajstić information content (AvgIpc) is 3.01. The summed E-state index contributed by atoms with van der Waals surface area (Å²) in [6, 6.07) is 13.6. The summed E-state index contributed by atoms with van der Waals surface area (Å²) in [6.07, 6.45) is 1.49. The average molecular weight is 388 g/mol. The predicted octanol–water partition coefficient (Wildman–Crippen LogP) is 2.17. The third-order valence-corrected chi connectivity index (χ3v) is 6.61. The Labute approximate surface area is 160 Å². The number of rotatable bonds is 7. The molecule has 3 rings (SSSR count). The van der Waals surface area contributed by atoms with Crippen LogP contribution in [0.25, 0.3) is 0 Å². The standard InChI is InChI=1S/C20H25N3O3S/c1-15-13-16-7-3-4-10-19(16)23(15)27(25,26)18-9-5-8-17(14-18)20(24)22-12-6-11-21-2/h3-5,7-10,14-15,21H,6,11-13H2,1-2H3,(H,22,24). The molecule has 1 atom stereocenters. The van der Waals surface area contributed by atoms with Crippen LogP contribution in [0, 0.1) is 0 Å². The first-order valence-electron chi connectivity index (χ1n) is 9.10. The minimum Gasteiger partial charge on any atom is -0.352 e. The van der Waals surface area contributed by atoms with Gasteiger partial charge in [0.1, 0.15) is 0 Å². The fraction of sp³-hybridized carbons (Fsp3) is 0.350.